The molecule has 1 unspecified atom stereocenters. The molecule has 0 heterocycles. The molecule has 0 fully saturated rings. The van der Waals surface area contributed by atoms with Gasteiger partial charge in [0.2, 0.25) is 0 Å². The summed E-state index contributed by atoms with van der Waals surface area (Å²) in [6, 6.07) is 3.49. The Morgan fingerprint density at radius 3 is 2.57 bits per heavy atom. The van der Waals surface area contributed by atoms with Crippen molar-refractivity contribution in [2.75, 3.05) is 7.11 Å². The Bertz CT molecular complexity index is 562. The van der Waals surface area contributed by atoms with E-state index in [1.165, 1.54) is 13.2 Å². The number of halogens is 1. The topological polar surface area (TPSA) is 61.8 Å². The van der Waals surface area contributed by atoms with Crippen molar-refractivity contribution in [3.05, 3.63) is 24.0 Å². The molecule has 21 heavy (non-hydrogen) atoms. The Morgan fingerprint density at radius 2 is 1.95 bits per heavy atom. The van der Waals surface area contributed by atoms with Crippen molar-refractivity contribution in [2.24, 2.45) is 0 Å². The van der Waals surface area contributed by atoms with E-state index in [-0.39, 0.29) is 24.3 Å². The quantitative estimate of drug-likeness (QED) is 0.457. The Balaban J connectivity index is 2.51. The molecule has 0 amide bonds. The predicted octanol–water partition coefficient (Wildman–Crippen LogP) is 2.08. The molecule has 1 aromatic carbocycles. The molecule has 1 atom stereocenters. The summed E-state index contributed by atoms with van der Waals surface area (Å²) in [5.74, 6) is 0.629. The van der Waals surface area contributed by atoms with Gasteiger partial charge in [0, 0.05) is 6.07 Å². The minimum atomic E-state index is -0.662. The maximum atomic E-state index is 13.0. The third-order valence-corrected chi connectivity index (χ3v) is 2.43. The van der Waals surface area contributed by atoms with Crippen molar-refractivity contribution in [1.82, 2.24) is 0 Å². The number of ether oxygens (including phenoxy) is 3. The van der Waals surface area contributed by atoms with Crippen molar-refractivity contribution in [1.29, 1.82) is 0 Å². The maximum Gasteiger partial charge on any atom is 0.311 e. The summed E-state index contributed by atoms with van der Waals surface area (Å²) in [4.78, 5) is 22.9. The fourth-order valence-corrected chi connectivity index (χ4v) is 1.39. The van der Waals surface area contributed by atoms with Gasteiger partial charge in [0.25, 0.3) is 0 Å². The van der Waals surface area contributed by atoms with E-state index >= 15 is 0 Å². The lowest BCUT2D eigenvalue weighted by atomic mass is 10.3. The second-order valence-electron chi connectivity index (χ2n) is 4.07. The van der Waals surface area contributed by atoms with E-state index in [1.54, 1.807) is 6.92 Å². The van der Waals surface area contributed by atoms with Gasteiger partial charge in [0.05, 0.1) is 20.0 Å². The SMILES string of the molecule is C#CC(C)OC(=O)CCC(=O)Oc1ccc(F)cc1OC. The zero-order valence-electron chi connectivity index (χ0n) is 11.7. The smallest absolute Gasteiger partial charge is 0.311 e. The molecule has 0 aliphatic heterocycles. The molecule has 0 radical (unpaired) electrons. The third kappa shape index (κ3) is 5.53. The zero-order chi connectivity index (χ0) is 15.8. The normalized spacial score (nSPS) is 11.1. The summed E-state index contributed by atoms with van der Waals surface area (Å²) >= 11 is 0. The number of benzene rings is 1. The lowest BCUT2D eigenvalue weighted by molar-refractivity contribution is -0.148. The monoisotopic (exact) mass is 294 g/mol. The van der Waals surface area contributed by atoms with E-state index in [2.05, 4.69) is 5.92 Å². The van der Waals surface area contributed by atoms with Gasteiger partial charge in [-0.3, -0.25) is 9.59 Å². The van der Waals surface area contributed by atoms with E-state index in [0.717, 1.165) is 12.1 Å². The lowest BCUT2D eigenvalue weighted by Gasteiger charge is -2.09. The number of esters is 2. The van der Waals surface area contributed by atoms with E-state index < -0.39 is 23.9 Å². The first-order valence-corrected chi connectivity index (χ1v) is 6.16. The van der Waals surface area contributed by atoms with Crippen molar-refractivity contribution in [2.45, 2.75) is 25.9 Å². The van der Waals surface area contributed by atoms with Crippen LogP contribution in [0.3, 0.4) is 0 Å². The molecule has 112 valence electrons. The first kappa shape index (κ1) is 16.5. The highest BCUT2D eigenvalue weighted by Gasteiger charge is 2.14. The molecule has 0 bridgehead atoms. The number of methoxy groups -OCH3 is 1. The number of hydrogen-bond acceptors (Lipinski definition) is 5. The van der Waals surface area contributed by atoms with Crippen LogP contribution in [-0.4, -0.2) is 25.2 Å². The molecule has 0 aliphatic rings. The minimum Gasteiger partial charge on any atom is -0.493 e. The molecule has 0 saturated carbocycles. The fraction of sp³-hybridized carbons (Fsp3) is 0.333. The summed E-state index contributed by atoms with van der Waals surface area (Å²) in [6.45, 7) is 1.54. The Hall–Kier alpha value is -2.55. The minimum absolute atomic E-state index is 0.0780. The summed E-state index contributed by atoms with van der Waals surface area (Å²) < 4.78 is 27.7. The third-order valence-electron chi connectivity index (χ3n) is 2.43. The number of carbonyl (C=O) groups excluding carboxylic acids is 2. The van der Waals surface area contributed by atoms with Gasteiger partial charge in [-0.2, -0.15) is 0 Å². The molecule has 0 aliphatic carbocycles. The summed E-state index contributed by atoms with van der Waals surface area (Å²) in [5.41, 5.74) is 0. The zero-order valence-corrected chi connectivity index (χ0v) is 11.7. The Kier molecular flexibility index (Phi) is 6.21. The Morgan fingerprint density at radius 1 is 1.29 bits per heavy atom. The van der Waals surface area contributed by atoms with Crippen LogP contribution in [0.5, 0.6) is 11.5 Å². The van der Waals surface area contributed by atoms with Crippen molar-refractivity contribution >= 4 is 11.9 Å². The van der Waals surface area contributed by atoms with Crippen molar-refractivity contribution in [3.8, 4) is 23.8 Å². The van der Waals surface area contributed by atoms with Crippen LogP contribution in [0.4, 0.5) is 4.39 Å². The van der Waals surface area contributed by atoms with Crippen LogP contribution in [0.15, 0.2) is 18.2 Å². The molecule has 0 saturated heterocycles. The average molecular weight is 294 g/mol. The summed E-state index contributed by atoms with van der Waals surface area (Å²) in [7, 11) is 1.32. The highest BCUT2D eigenvalue weighted by molar-refractivity contribution is 5.79. The van der Waals surface area contributed by atoms with Crippen LogP contribution in [0.1, 0.15) is 19.8 Å². The van der Waals surface area contributed by atoms with E-state index in [0.29, 0.717) is 0 Å². The lowest BCUT2D eigenvalue weighted by Crippen LogP contribution is -2.16. The van der Waals surface area contributed by atoms with Gasteiger partial charge in [-0.1, -0.05) is 5.92 Å². The van der Waals surface area contributed by atoms with Gasteiger partial charge in [-0.05, 0) is 19.1 Å². The first-order valence-electron chi connectivity index (χ1n) is 6.16. The number of carbonyl (C=O) groups is 2. The number of hydrogen-bond donors (Lipinski definition) is 0. The molecule has 0 N–H and O–H groups in total. The molecule has 5 nitrogen and oxygen atoms in total. The van der Waals surface area contributed by atoms with Crippen LogP contribution in [-0.2, 0) is 14.3 Å². The molecular weight excluding hydrogens is 279 g/mol. The van der Waals surface area contributed by atoms with Gasteiger partial charge in [-0.15, -0.1) is 6.42 Å². The second kappa shape index (κ2) is 7.90. The number of rotatable bonds is 6. The summed E-state index contributed by atoms with van der Waals surface area (Å²) in [6.07, 6.45) is 4.07. The van der Waals surface area contributed by atoms with Crippen LogP contribution < -0.4 is 9.47 Å². The molecule has 1 rings (SSSR count). The van der Waals surface area contributed by atoms with Crippen LogP contribution in [0.25, 0.3) is 0 Å². The van der Waals surface area contributed by atoms with Crippen molar-refractivity contribution in [3.63, 3.8) is 0 Å². The molecule has 6 heteroatoms. The van der Waals surface area contributed by atoms with Gasteiger partial charge in [0.15, 0.2) is 17.6 Å². The first-order chi connectivity index (χ1) is 9.96. The largest absolute Gasteiger partial charge is 0.493 e. The molecule has 0 aromatic heterocycles. The molecule has 0 spiro atoms. The highest BCUT2D eigenvalue weighted by Crippen LogP contribution is 2.27. The van der Waals surface area contributed by atoms with Gasteiger partial charge in [0.1, 0.15) is 5.82 Å². The standard InChI is InChI=1S/C15H15FO5/c1-4-10(2)20-14(17)7-8-15(18)21-12-6-5-11(16)9-13(12)19-3/h1,5-6,9-10H,7-8H2,2-3H3. The van der Waals surface area contributed by atoms with E-state index in [9.17, 15) is 14.0 Å². The molecular formula is C15H15FO5. The Labute approximate surface area is 122 Å². The second-order valence-corrected chi connectivity index (χ2v) is 4.07. The summed E-state index contributed by atoms with van der Waals surface area (Å²) in [5, 5.41) is 0. The van der Waals surface area contributed by atoms with Gasteiger partial charge >= 0.3 is 11.9 Å². The average Bonchev–Trinajstić information content (AvgIpc) is 2.46. The van der Waals surface area contributed by atoms with Crippen LogP contribution >= 0.6 is 0 Å². The predicted molar refractivity (Wildman–Crippen MR) is 72.2 cm³/mol. The number of terminal acetylenes is 1. The maximum absolute atomic E-state index is 13.0. The van der Waals surface area contributed by atoms with Gasteiger partial charge < -0.3 is 14.2 Å². The van der Waals surface area contributed by atoms with Gasteiger partial charge in [-0.25, -0.2) is 4.39 Å². The van der Waals surface area contributed by atoms with Crippen LogP contribution in [0.2, 0.25) is 0 Å². The highest BCUT2D eigenvalue weighted by atomic mass is 19.1. The van der Waals surface area contributed by atoms with Crippen LogP contribution in [0, 0.1) is 18.2 Å². The molecule has 1 aromatic rings. The van der Waals surface area contributed by atoms with Crippen molar-refractivity contribution < 1.29 is 28.2 Å². The fourth-order valence-electron chi connectivity index (χ4n) is 1.39. The van der Waals surface area contributed by atoms with E-state index in [1.807, 2.05) is 0 Å². The van der Waals surface area contributed by atoms with E-state index in [4.69, 9.17) is 20.6 Å².